The van der Waals surface area contributed by atoms with Gasteiger partial charge in [0.1, 0.15) is 29.4 Å². The van der Waals surface area contributed by atoms with Crippen LogP contribution in [0.5, 0.6) is 11.5 Å². The highest BCUT2D eigenvalue weighted by Crippen LogP contribution is 2.42. The second kappa shape index (κ2) is 13.2. The first-order valence-corrected chi connectivity index (χ1v) is 14.0. The molecule has 0 radical (unpaired) electrons. The summed E-state index contributed by atoms with van der Waals surface area (Å²) in [6.07, 6.45) is 2.12. The number of ether oxygens (including phenoxy) is 2. The quantitative estimate of drug-likeness (QED) is 0.125. The Hall–Kier alpha value is -5.15. The van der Waals surface area contributed by atoms with Gasteiger partial charge in [0.25, 0.3) is 5.91 Å². The zero-order valence-electron chi connectivity index (χ0n) is 23.6. The van der Waals surface area contributed by atoms with E-state index in [1.165, 1.54) is 35.9 Å². The topological polar surface area (TPSA) is 135 Å². The zero-order chi connectivity index (χ0) is 30.3. The molecule has 3 aromatic carbocycles. The van der Waals surface area contributed by atoms with Crippen LogP contribution < -0.4 is 15.5 Å². The minimum Gasteiger partial charge on any atom is -0.508 e. The van der Waals surface area contributed by atoms with Gasteiger partial charge in [-0.25, -0.2) is 4.79 Å². The second-order valence-electron chi connectivity index (χ2n) is 9.99. The van der Waals surface area contributed by atoms with E-state index in [4.69, 9.17) is 13.9 Å². The van der Waals surface area contributed by atoms with Crippen LogP contribution in [0.25, 0.3) is 33.4 Å². The summed E-state index contributed by atoms with van der Waals surface area (Å²) in [5.41, 5.74) is 2.71. The Labute approximate surface area is 247 Å². The SMILES string of the molecule is CCCc1ccc(OCCOCCNC(=O)c2ccc(-c3c4ccc(=O)cc-4oc4cc(O)ccc34)c(C(=O)O)c2)cc1. The molecule has 0 aromatic heterocycles. The molecule has 0 bridgehead atoms. The molecule has 0 saturated carbocycles. The van der Waals surface area contributed by atoms with Gasteiger partial charge in [0, 0.05) is 40.8 Å². The molecule has 0 fully saturated rings. The van der Waals surface area contributed by atoms with E-state index in [1.54, 1.807) is 24.3 Å². The molecule has 3 aromatic rings. The van der Waals surface area contributed by atoms with Crippen molar-refractivity contribution >= 4 is 22.8 Å². The third-order valence-electron chi connectivity index (χ3n) is 6.95. The molecule has 0 atom stereocenters. The lowest BCUT2D eigenvalue weighted by Gasteiger charge is -2.17. The summed E-state index contributed by atoms with van der Waals surface area (Å²) in [7, 11) is 0. The first-order valence-electron chi connectivity index (χ1n) is 14.0. The predicted molar refractivity (Wildman–Crippen MR) is 162 cm³/mol. The van der Waals surface area contributed by atoms with Gasteiger partial charge in [0.2, 0.25) is 0 Å². The van der Waals surface area contributed by atoms with Crippen LogP contribution in [0.15, 0.2) is 88.1 Å². The van der Waals surface area contributed by atoms with Crippen LogP contribution >= 0.6 is 0 Å². The highest BCUT2D eigenvalue weighted by atomic mass is 16.5. The van der Waals surface area contributed by atoms with E-state index in [1.807, 2.05) is 24.3 Å². The minimum absolute atomic E-state index is 0.0427. The van der Waals surface area contributed by atoms with Crippen LogP contribution in [-0.4, -0.2) is 48.5 Å². The number of carboxylic acid groups (broad SMARTS) is 1. The normalized spacial score (nSPS) is 11.1. The fourth-order valence-electron chi connectivity index (χ4n) is 4.93. The van der Waals surface area contributed by atoms with Crippen molar-refractivity contribution in [3.63, 3.8) is 0 Å². The molecule has 1 heterocycles. The maximum Gasteiger partial charge on any atom is 0.336 e. The van der Waals surface area contributed by atoms with E-state index in [9.17, 15) is 24.6 Å². The third-order valence-corrected chi connectivity index (χ3v) is 6.95. The van der Waals surface area contributed by atoms with Gasteiger partial charge < -0.3 is 29.4 Å². The number of aryl methyl sites for hydroxylation is 1. The number of aromatic hydroxyl groups is 1. The zero-order valence-corrected chi connectivity index (χ0v) is 23.6. The van der Waals surface area contributed by atoms with Gasteiger partial charge in [-0.15, -0.1) is 0 Å². The van der Waals surface area contributed by atoms with Gasteiger partial charge in [-0.2, -0.15) is 0 Å². The number of hydrogen-bond donors (Lipinski definition) is 3. The fourth-order valence-corrected chi connectivity index (χ4v) is 4.93. The van der Waals surface area contributed by atoms with Crippen molar-refractivity contribution in [3.05, 3.63) is 106 Å². The summed E-state index contributed by atoms with van der Waals surface area (Å²) in [4.78, 5) is 37.2. The average Bonchev–Trinajstić information content (AvgIpc) is 2.99. The van der Waals surface area contributed by atoms with Gasteiger partial charge in [0.15, 0.2) is 5.43 Å². The molecule has 0 unspecified atom stereocenters. The van der Waals surface area contributed by atoms with Gasteiger partial charge in [-0.1, -0.05) is 31.5 Å². The van der Waals surface area contributed by atoms with Crippen LogP contribution in [0.2, 0.25) is 0 Å². The number of phenolic OH excluding ortho intramolecular Hbond substituents is 1. The van der Waals surface area contributed by atoms with Crippen LogP contribution in [0.1, 0.15) is 39.6 Å². The molecule has 1 aliphatic carbocycles. The Morgan fingerprint density at radius 1 is 0.884 bits per heavy atom. The standard InChI is InChI=1S/C34H31NO8/c1-2-3-21-4-9-25(10-5-21)42-17-16-41-15-14-35-33(38)22-6-11-26(29(18-22)34(39)40)32-27-12-7-23(36)19-30(27)43-31-20-24(37)8-13-28(31)32/h4-13,18-20,36H,2-3,14-17H2,1H3,(H,35,38)(H,39,40). The van der Waals surface area contributed by atoms with Crippen LogP contribution in [-0.2, 0) is 11.2 Å². The first kappa shape index (κ1) is 29.3. The van der Waals surface area contributed by atoms with Crippen molar-refractivity contribution in [1.29, 1.82) is 0 Å². The van der Waals surface area contributed by atoms with Crippen LogP contribution in [0.4, 0.5) is 0 Å². The summed E-state index contributed by atoms with van der Waals surface area (Å²) in [6.45, 7) is 3.34. The van der Waals surface area contributed by atoms with E-state index >= 15 is 0 Å². The largest absolute Gasteiger partial charge is 0.508 e. The lowest BCUT2D eigenvalue weighted by Crippen LogP contribution is -2.28. The average molecular weight is 582 g/mol. The summed E-state index contributed by atoms with van der Waals surface area (Å²) >= 11 is 0. The van der Waals surface area contributed by atoms with Gasteiger partial charge in [-0.05, 0) is 66.1 Å². The monoisotopic (exact) mass is 581 g/mol. The van der Waals surface area contributed by atoms with Gasteiger partial charge in [-0.3, -0.25) is 9.59 Å². The smallest absolute Gasteiger partial charge is 0.336 e. The number of fused-ring (bicyclic) bond motifs is 2. The molecule has 220 valence electrons. The Morgan fingerprint density at radius 2 is 1.67 bits per heavy atom. The summed E-state index contributed by atoms with van der Waals surface area (Å²) < 4.78 is 17.1. The molecule has 0 saturated heterocycles. The summed E-state index contributed by atoms with van der Waals surface area (Å²) in [5, 5.41) is 23.4. The van der Waals surface area contributed by atoms with Crippen molar-refractivity contribution < 1.29 is 33.7 Å². The second-order valence-corrected chi connectivity index (χ2v) is 9.99. The molecule has 0 spiro atoms. The molecule has 5 rings (SSSR count). The van der Waals surface area contributed by atoms with E-state index in [0.29, 0.717) is 35.3 Å². The van der Waals surface area contributed by atoms with Crippen LogP contribution in [0.3, 0.4) is 0 Å². The summed E-state index contributed by atoms with van der Waals surface area (Å²) in [6, 6.07) is 21.1. The number of amides is 1. The lowest BCUT2D eigenvalue weighted by molar-refractivity contribution is 0.0697. The van der Waals surface area contributed by atoms with Crippen molar-refractivity contribution in [2.45, 2.75) is 19.8 Å². The molecule has 1 amide bonds. The molecule has 9 nitrogen and oxygen atoms in total. The number of rotatable bonds is 12. The minimum atomic E-state index is -1.23. The predicted octanol–water partition coefficient (Wildman–Crippen LogP) is 5.75. The molecule has 2 aliphatic rings. The summed E-state index contributed by atoms with van der Waals surface area (Å²) in [5.74, 6) is -0.698. The van der Waals surface area contributed by atoms with Gasteiger partial charge in [0.05, 0.1) is 18.8 Å². The fraction of sp³-hybridized carbons (Fsp3) is 0.206. The Kier molecular flexibility index (Phi) is 9.02. The Morgan fingerprint density at radius 3 is 2.44 bits per heavy atom. The maximum absolute atomic E-state index is 12.9. The Bertz CT molecular complexity index is 1790. The van der Waals surface area contributed by atoms with Crippen molar-refractivity contribution in [2.75, 3.05) is 26.4 Å². The molecule has 1 aliphatic heterocycles. The lowest BCUT2D eigenvalue weighted by atomic mass is 9.90. The van der Waals surface area contributed by atoms with Crippen molar-refractivity contribution in [3.8, 4) is 33.9 Å². The van der Waals surface area contributed by atoms with Gasteiger partial charge >= 0.3 is 5.97 Å². The first-order chi connectivity index (χ1) is 20.8. The Balaban J connectivity index is 1.26. The van der Waals surface area contributed by atoms with E-state index in [2.05, 4.69) is 12.2 Å². The molecular weight excluding hydrogens is 550 g/mol. The molecule has 43 heavy (non-hydrogen) atoms. The van der Waals surface area contributed by atoms with E-state index in [0.717, 1.165) is 18.6 Å². The van der Waals surface area contributed by atoms with Crippen molar-refractivity contribution in [1.82, 2.24) is 5.32 Å². The number of carbonyl (C=O) groups is 2. The highest BCUT2D eigenvalue weighted by Gasteiger charge is 2.23. The van der Waals surface area contributed by atoms with Crippen molar-refractivity contribution in [2.24, 2.45) is 0 Å². The molecule has 9 heteroatoms. The number of benzene rings is 4. The van der Waals surface area contributed by atoms with E-state index in [-0.39, 0.29) is 46.8 Å². The number of nitrogens with one attached hydrogen (secondary N) is 1. The molecular formula is C34H31NO8. The number of hydrogen-bond acceptors (Lipinski definition) is 7. The number of aromatic carboxylic acids is 1. The number of carboxylic acids is 1. The maximum atomic E-state index is 12.9. The van der Waals surface area contributed by atoms with Crippen LogP contribution in [0, 0.1) is 0 Å². The molecule has 3 N–H and O–H groups in total. The van der Waals surface area contributed by atoms with E-state index < -0.39 is 11.9 Å². The number of carbonyl (C=O) groups excluding carboxylic acids is 1. The number of phenols is 1. The highest BCUT2D eigenvalue weighted by molar-refractivity contribution is 6.09. The third kappa shape index (κ3) is 6.85.